The molecular weight excluding hydrogens is 228 g/mol. The van der Waals surface area contributed by atoms with Crippen molar-refractivity contribution in [1.29, 1.82) is 0 Å². The van der Waals surface area contributed by atoms with Crippen LogP contribution in [-0.4, -0.2) is 18.2 Å². The van der Waals surface area contributed by atoms with E-state index in [9.17, 15) is 9.90 Å². The molecule has 1 N–H and O–H groups in total. The molecule has 2 rings (SSSR count). The molecule has 0 radical (unpaired) electrons. The van der Waals surface area contributed by atoms with Crippen LogP contribution in [0.25, 0.3) is 0 Å². The van der Waals surface area contributed by atoms with Gasteiger partial charge in [-0.05, 0) is 23.3 Å². The quantitative estimate of drug-likeness (QED) is 0.842. The third kappa shape index (κ3) is 2.51. The zero-order valence-corrected chi connectivity index (χ0v) is 10.0. The normalized spacial score (nSPS) is 11.8. The fourth-order valence-electron chi connectivity index (χ4n) is 1.89. The minimum absolute atomic E-state index is 0.176. The fraction of sp³-hybridized carbons (Fsp3) is 0.133. The summed E-state index contributed by atoms with van der Waals surface area (Å²) in [4.78, 5) is 11.9. The van der Waals surface area contributed by atoms with Crippen LogP contribution in [0.4, 0.5) is 0 Å². The Balaban J connectivity index is 2.43. The molecule has 0 amide bonds. The van der Waals surface area contributed by atoms with E-state index in [1.54, 1.807) is 24.3 Å². The van der Waals surface area contributed by atoms with Crippen LogP contribution in [0.1, 0.15) is 17.0 Å². The Kier molecular flexibility index (Phi) is 3.63. The van der Waals surface area contributed by atoms with Gasteiger partial charge in [0, 0.05) is 0 Å². The van der Waals surface area contributed by atoms with Crippen LogP contribution in [0.3, 0.4) is 0 Å². The van der Waals surface area contributed by atoms with Crippen molar-refractivity contribution in [3.05, 3.63) is 65.7 Å². The minimum Gasteiger partial charge on any atom is -0.508 e. The summed E-state index contributed by atoms with van der Waals surface area (Å²) in [7, 11) is 1.37. The van der Waals surface area contributed by atoms with E-state index in [1.807, 2.05) is 30.3 Å². The highest BCUT2D eigenvalue weighted by Crippen LogP contribution is 2.27. The van der Waals surface area contributed by atoms with Gasteiger partial charge in [-0.25, -0.2) is 0 Å². The van der Waals surface area contributed by atoms with Crippen LogP contribution >= 0.6 is 0 Å². The molecule has 0 aliphatic heterocycles. The molecule has 18 heavy (non-hydrogen) atoms. The van der Waals surface area contributed by atoms with Crippen molar-refractivity contribution in [3.63, 3.8) is 0 Å². The number of hydrogen-bond acceptors (Lipinski definition) is 3. The van der Waals surface area contributed by atoms with Crippen molar-refractivity contribution in [2.45, 2.75) is 5.92 Å². The van der Waals surface area contributed by atoms with Gasteiger partial charge in [0.1, 0.15) is 11.7 Å². The van der Waals surface area contributed by atoms with Crippen LogP contribution in [0.5, 0.6) is 5.75 Å². The monoisotopic (exact) mass is 242 g/mol. The van der Waals surface area contributed by atoms with E-state index in [2.05, 4.69) is 0 Å². The first-order valence-corrected chi connectivity index (χ1v) is 5.64. The summed E-state index contributed by atoms with van der Waals surface area (Å²) in [6, 6.07) is 16.0. The number of rotatable bonds is 3. The average Bonchev–Trinajstić information content (AvgIpc) is 2.42. The van der Waals surface area contributed by atoms with Gasteiger partial charge < -0.3 is 9.84 Å². The lowest BCUT2D eigenvalue weighted by Gasteiger charge is -2.15. The molecule has 0 aliphatic rings. The summed E-state index contributed by atoms with van der Waals surface area (Å²) < 4.78 is 4.85. The second-order valence-corrected chi connectivity index (χ2v) is 3.96. The zero-order chi connectivity index (χ0) is 13.0. The predicted molar refractivity (Wildman–Crippen MR) is 68.4 cm³/mol. The molecule has 0 spiro atoms. The summed E-state index contributed by atoms with van der Waals surface area (Å²) in [6.07, 6.45) is 0. The Hall–Kier alpha value is -2.29. The van der Waals surface area contributed by atoms with Gasteiger partial charge in [0.2, 0.25) is 0 Å². The van der Waals surface area contributed by atoms with E-state index in [4.69, 9.17) is 4.74 Å². The molecule has 0 fully saturated rings. The molecular formula is C15H14O3. The molecule has 3 nitrogen and oxygen atoms in total. The molecule has 0 heterocycles. The minimum atomic E-state index is -0.461. The van der Waals surface area contributed by atoms with E-state index in [0.717, 1.165) is 11.1 Å². The molecule has 0 unspecified atom stereocenters. The van der Waals surface area contributed by atoms with Gasteiger partial charge >= 0.3 is 5.97 Å². The summed E-state index contributed by atoms with van der Waals surface area (Å²) in [5, 5.41) is 9.29. The van der Waals surface area contributed by atoms with Crippen LogP contribution in [0, 0.1) is 0 Å². The molecule has 2 aromatic carbocycles. The number of benzene rings is 2. The zero-order valence-electron chi connectivity index (χ0n) is 10.0. The number of carbonyl (C=O) groups is 1. The molecule has 0 saturated carbocycles. The van der Waals surface area contributed by atoms with E-state index in [0.29, 0.717) is 0 Å². The van der Waals surface area contributed by atoms with Gasteiger partial charge in [-0.1, -0.05) is 42.5 Å². The lowest BCUT2D eigenvalue weighted by molar-refractivity contribution is -0.141. The number of esters is 1. The number of phenols is 1. The molecule has 92 valence electrons. The molecule has 1 atom stereocenters. The summed E-state index contributed by atoms with van der Waals surface area (Å²) >= 11 is 0. The Morgan fingerprint density at radius 2 is 1.56 bits per heavy atom. The smallest absolute Gasteiger partial charge is 0.317 e. The standard InChI is InChI=1S/C15H14O3/c1-18-15(17)14(11-5-3-2-4-6-11)12-7-9-13(16)10-8-12/h2-10,14,16H,1H3/t14-/m1/s1. The van der Waals surface area contributed by atoms with Crippen molar-refractivity contribution in [2.75, 3.05) is 7.11 Å². The van der Waals surface area contributed by atoms with Gasteiger partial charge in [0.15, 0.2) is 0 Å². The second-order valence-electron chi connectivity index (χ2n) is 3.96. The maximum Gasteiger partial charge on any atom is 0.317 e. The largest absolute Gasteiger partial charge is 0.508 e. The topological polar surface area (TPSA) is 46.5 Å². The molecule has 0 saturated heterocycles. The Morgan fingerprint density at radius 3 is 2.11 bits per heavy atom. The van der Waals surface area contributed by atoms with Gasteiger partial charge in [-0.2, -0.15) is 0 Å². The molecule has 0 aliphatic carbocycles. The average molecular weight is 242 g/mol. The highest BCUT2D eigenvalue weighted by molar-refractivity contribution is 5.82. The van der Waals surface area contributed by atoms with Crippen molar-refractivity contribution in [1.82, 2.24) is 0 Å². The number of phenolic OH excluding ortho intramolecular Hbond substituents is 1. The number of methoxy groups -OCH3 is 1. The van der Waals surface area contributed by atoms with Gasteiger partial charge in [0.25, 0.3) is 0 Å². The summed E-state index contributed by atoms with van der Waals surface area (Å²) in [5.41, 5.74) is 1.67. The highest BCUT2D eigenvalue weighted by atomic mass is 16.5. The van der Waals surface area contributed by atoms with Gasteiger partial charge in [-0.15, -0.1) is 0 Å². The van der Waals surface area contributed by atoms with E-state index >= 15 is 0 Å². The van der Waals surface area contributed by atoms with Crippen LogP contribution in [-0.2, 0) is 9.53 Å². The van der Waals surface area contributed by atoms with Crippen molar-refractivity contribution >= 4 is 5.97 Å². The van der Waals surface area contributed by atoms with Crippen molar-refractivity contribution in [3.8, 4) is 5.75 Å². The van der Waals surface area contributed by atoms with Crippen molar-refractivity contribution < 1.29 is 14.6 Å². The molecule has 0 bridgehead atoms. The van der Waals surface area contributed by atoms with Gasteiger partial charge in [0.05, 0.1) is 7.11 Å². The second kappa shape index (κ2) is 5.36. The van der Waals surface area contributed by atoms with Crippen LogP contribution in [0.15, 0.2) is 54.6 Å². The molecule has 3 heteroatoms. The third-order valence-electron chi connectivity index (χ3n) is 2.80. The van der Waals surface area contributed by atoms with Crippen molar-refractivity contribution in [2.24, 2.45) is 0 Å². The lowest BCUT2D eigenvalue weighted by atomic mass is 9.91. The number of aromatic hydroxyl groups is 1. The molecule has 2 aromatic rings. The number of ether oxygens (including phenoxy) is 1. The van der Waals surface area contributed by atoms with E-state index in [1.165, 1.54) is 7.11 Å². The van der Waals surface area contributed by atoms with Gasteiger partial charge in [-0.3, -0.25) is 4.79 Å². The predicted octanol–water partition coefficient (Wildman–Crippen LogP) is 2.70. The SMILES string of the molecule is COC(=O)[C@H](c1ccccc1)c1ccc(O)cc1. The van der Waals surface area contributed by atoms with Crippen LogP contribution in [0.2, 0.25) is 0 Å². The van der Waals surface area contributed by atoms with E-state index < -0.39 is 5.92 Å². The van der Waals surface area contributed by atoms with E-state index in [-0.39, 0.29) is 11.7 Å². The maximum absolute atomic E-state index is 11.9. The Labute approximate surface area is 106 Å². The maximum atomic E-state index is 11.9. The fourth-order valence-corrected chi connectivity index (χ4v) is 1.89. The third-order valence-corrected chi connectivity index (χ3v) is 2.80. The first-order valence-electron chi connectivity index (χ1n) is 5.64. The lowest BCUT2D eigenvalue weighted by Crippen LogP contribution is -2.15. The summed E-state index contributed by atoms with van der Waals surface area (Å²) in [5.74, 6) is -0.598. The highest BCUT2D eigenvalue weighted by Gasteiger charge is 2.23. The molecule has 0 aromatic heterocycles. The van der Waals surface area contributed by atoms with Crippen LogP contribution < -0.4 is 0 Å². The first-order chi connectivity index (χ1) is 8.72. The number of hydrogen-bond donors (Lipinski definition) is 1. The Bertz CT molecular complexity index is 517. The number of carbonyl (C=O) groups excluding carboxylic acids is 1. The summed E-state index contributed by atoms with van der Waals surface area (Å²) in [6.45, 7) is 0. The first kappa shape index (κ1) is 12.2. The Morgan fingerprint density at radius 1 is 1.00 bits per heavy atom.